The minimum Gasteiger partial charge on any atom is -0.383 e. The first kappa shape index (κ1) is 14.4. The maximum absolute atomic E-state index is 10.5. The summed E-state index contributed by atoms with van der Waals surface area (Å²) in [6.07, 6.45) is 4.73. The molecule has 0 aromatic rings. The molecule has 0 saturated heterocycles. The third kappa shape index (κ3) is 3.41. The summed E-state index contributed by atoms with van der Waals surface area (Å²) in [7, 11) is 3.24. The molecular formula is C14H24O3. The molecule has 0 radical (unpaired) electrons. The van der Waals surface area contributed by atoms with E-state index in [1.54, 1.807) is 14.2 Å². The number of hydrogen-bond donors (Lipinski definition) is 1. The van der Waals surface area contributed by atoms with E-state index in [2.05, 4.69) is 26.8 Å². The van der Waals surface area contributed by atoms with Crippen LogP contribution in [0.15, 0.2) is 23.3 Å². The molecule has 17 heavy (non-hydrogen) atoms. The van der Waals surface area contributed by atoms with Gasteiger partial charge < -0.3 is 14.6 Å². The zero-order chi connectivity index (χ0) is 13.1. The molecule has 0 amide bonds. The highest BCUT2D eigenvalue weighted by Gasteiger charge is 2.34. The predicted molar refractivity (Wildman–Crippen MR) is 68.9 cm³/mol. The van der Waals surface area contributed by atoms with Gasteiger partial charge >= 0.3 is 0 Å². The highest BCUT2D eigenvalue weighted by atomic mass is 16.5. The van der Waals surface area contributed by atoms with E-state index in [9.17, 15) is 5.11 Å². The fourth-order valence-electron chi connectivity index (χ4n) is 2.04. The van der Waals surface area contributed by atoms with E-state index in [0.29, 0.717) is 19.6 Å². The van der Waals surface area contributed by atoms with Crippen LogP contribution < -0.4 is 0 Å². The molecule has 98 valence electrons. The summed E-state index contributed by atoms with van der Waals surface area (Å²) in [5, 5.41) is 10.5. The van der Waals surface area contributed by atoms with Crippen molar-refractivity contribution in [1.29, 1.82) is 0 Å². The van der Waals surface area contributed by atoms with Crippen molar-refractivity contribution in [3.63, 3.8) is 0 Å². The Bertz CT molecular complexity index is 323. The molecule has 0 spiro atoms. The number of hydrogen-bond acceptors (Lipinski definition) is 3. The van der Waals surface area contributed by atoms with E-state index in [1.165, 1.54) is 5.57 Å². The molecular weight excluding hydrogens is 216 g/mol. The molecule has 0 bridgehead atoms. The van der Waals surface area contributed by atoms with E-state index >= 15 is 0 Å². The maximum Gasteiger partial charge on any atom is 0.115 e. The van der Waals surface area contributed by atoms with Crippen LogP contribution >= 0.6 is 0 Å². The van der Waals surface area contributed by atoms with Gasteiger partial charge in [-0.25, -0.2) is 0 Å². The van der Waals surface area contributed by atoms with E-state index in [0.717, 1.165) is 5.57 Å². The molecule has 1 unspecified atom stereocenters. The van der Waals surface area contributed by atoms with Gasteiger partial charge in [0.15, 0.2) is 0 Å². The summed E-state index contributed by atoms with van der Waals surface area (Å²) in [4.78, 5) is 0. The molecule has 0 saturated carbocycles. The Morgan fingerprint density at radius 3 is 2.41 bits per heavy atom. The Hall–Kier alpha value is -0.640. The highest BCUT2D eigenvalue weighted by Crippen LogP contribution is 2.36. The molecule has 3 heteroatoms. The number of methoxy groups -OCH3 is 2. The summed E-state index contributed by atoms with van der Waals surface area (Å²) in [5.74, 6) is 0. The predicted octanol–water partition coefficient (Wildman–Crippen LogP) is 2.31. The number of allylic oxidation sites excluding steroid dienone is 2. The molecule has 0 aliphatic heterocycles. The first-order chi connectivity index (χ1) is 7.83. The van der Waals surface area contributed by atoms with E-state index in [4.69, 9.17) is 9.47 Å². The Morgan fingerprint density at radius 2 is 1.94 bits per heavy atom. The number of rotatable bonds is 4. The van der Waals surface area contributed by atoms with Crippen molar-refractivity contribution < 1.29 is 14.6 Å². The molecule has 0 aromatic heterocycles. The van der Waals surface area contributed by atoms with Gasteiger partial charge in [-0.05, 0) is 16.6 Å². The topological polar surface area (TPSA) is 38.7 Å². The summed E-state index contributed by atoms with van der Waals surface area (Å²) < 4.78 is 10.3. The second-order valence-corrected chi connectivity index (χ2v) is 5.68. The third-order valence-electron chi connectivity index (χ3n) is 3.14. The van der Waals surface area contributed by atoms with Crippen LogP contribution in [0.25, 0.3) is 0 Å². The highest BCUT2D eigenvalue weighted by molar-refractivity contribution is 5.38. The van der Waals surface area contributed by atoms with Gasteiger partial charge in [0.1, 0.15) is 5.60 Å². The van der Waals surface area contributed by atoms with Gasteiger partial charge in [-0.1, -0.05) is 32.9 Å². The fraction of sp³-hybridized carbons (Fsp3) is 0.714. The average molecular weight is 240 g/mol. The van der Waals surface area contributed by atoms with E-state index < -0.39 is 5.60 Å². The van der Waals surface area contributed by atoms with Crippen molar-refractivity contribution in [3.05, 3.63) is 23.3 Å². The molecule has 1 rings (SSSR count). The molecule has 0 aromatic carbocycles. The summed E-state index contributed by atoms with van der Waals surface area (Å²) in [6.45, 7) is 7.24. The molecule has 1 aliphatic rings. The lowest BCUT2D eigenvalue weighted by molar-refractivity contribution is -0.0109. The van der Waals surface area contributed by atoms with Gasteiger partial charge in [0, 0.05) is 20.6 Å². The van der Waals surface area contributed by atoms with Crippen molar-refractivity contribution >= 4 is 0 Å². The van der Waals surface area contributed by atoms with Crippen molar-refractivity contribution in [2.24, 2.45) is 5.41 Å². The molecule has 1 atom stereocenters. The lowest BCUT2D eigenvalue weighted by Crippen LogP contribution is -2.39. The number of aliphatic hydroxyl groups is 1. The minimum atomic E-state index is -0.917. The van der Waals surface area contributed by atoms with Crippen LogP contribution in [0.1, 0.15) is 27.2 Å². The van der Waals surface area contributed by atoms with Crippen LogP contribution in [0.3, 0.4) is 0 Å². The monoisotopic (exact) mass is 240 g/mol. The van der Waals surface area contributed by atoms with E-state index in [-0.39, 0.29) is 5.41 Å². The van der Waals surface area contributed by atoms with Crippen molar-refractivity contribution in [3.8, 4) is 0 Å². The minimum absolute atomic E-state index is 0.0907. The van der Waals surface area contributed by atoms with Crippen LogP contribution in [0, 0.1) is 5.41 Å². The molecule has 3 nitrogen and oxygen atoms in total. The molecule has 0 heterocycles. The van der Waals surface area contributed by atoms with Crippen LogP contribution in [0.2, 0.25) is 0 Å². The molecule has 1 aliphatic carbocycles. The smallest absolute Gasteiger partial charge is 0.115 e. The first-order valence-electron chi connectivity index (χ1n) is 5.95. The zero-order valence-electron chi connectivity index (χ0n) is 11.5. The standard InChI is InChI=1S/C14H24O3/c1-13(2,3)11-6-7-14(15,10-17-5)12(8-11)9-16-4/h6,8,15H,7,9-10H2,1-5H3. The molecule has 0 fully saturated rings. The second kappa shape index (κ2) is 5.34. The Balaban J connectivity index is 2.99. The Kier molecular flexibility index (Phi) is 4.53. The molecule has 1 N–H and O–H groups in total. The van der Waals surface area contributed by atoms with Gasteiger partial charge in [-0.15, -0.1) is 0 Å². The number of ether oxygens (including phenoxy) is 2. The van der Waals surface area contributed by atoms with Crippen molar-refractivity contribution in [1.82, 2.24) is 0 Å². The third-order valence-corrected chi connectivity index (χ3v) is 3.14. The summed E-state index contributed by atoms with van der Waals surface area (Å²) in [6, 6.07) is 0. The van der Waals surface area contributed by atoms with Gasteiger partial charge in [-0.3, -0.25) is 0 Å². The lowest BCUT2D eigenvalue weighted by atomic mass is 9.77. The maximum atomic E-state index is 10.5. The summed E-state index contributed by atoms with van der Waals surface area (Å²) in [5.41, 5.74) is 1.31. The Labute approximate surface area is 104 Å². The zero-order valence-corrected chi connectivity index (χ0v) is 11.5. The van der Waals surface area contributed by atoms with Gasteiger partial charge in [0.05, 0.1) is 13.2 Å². The Morgan fingerprint density at radius 1 is 1.29 bits per heavy atom. The fourth-order valence-corrected chi connectivity index (χ4v) is 2.04. The second-order valence-electron chi connectivity index (χ2n) is 5.68. The van der Waals surface area contributed by atoms with Gasteiger partial charge in [0.25, 0.3) is 0 Å². The van der Waals surface area contributed by atoms with Gasteiger partial charge in [-0.2, -0.15) is 0 Å². The normalized spacial score (nSPS) is 25.5. The van der Waals surface area contributed by atoms with Crippen LogP contribution in [0.4, 0.5) is 0 Å². The summed E-state index contributed by atoms with van der Waals surface area (Å²) >= 11 is 0. The van der Waals surface area contributed by atoms with Gasteiger partial charge in [0.2, 0.25) is 0 Å². The SMILES string of the molecule is COCC1=CC(C(C)(C)C)=CCC1(O)COC. The van der Waals surface area contributed by atoms with Crippen LogP contribution in [0.5, 0.6) is 0 Å². The largest absolute Gasteiger partial charge is 0.383 e. The van der Waals surface area contributed by atoms with E-state index in [1.807, 2.05) is 6.08 Å². The van der Waals surface area contributed by atoms with Crippen molar-refractivity contribution in [2.45, 2.75) is 32.8 Å². The van der Waals surface area contributed by atoms with Crippen molar-refractivity contribution in [2.75, 3.05) is 27.4 Å². The lowest BCUT2D eigenvalue weighted by Gasteiger charge is -2.35. The van der Waals surface area contributed by atoms with Crippen LogP contribution in [-0.4, -0.2) is 38.1 Å². The quantitative estimate of drug-likeness (QED) is 0.819. The van der Waals surface area contributed by atoms with Crippen LogP contribution in [-0.2, 0) is 9.47 Å². The first-order valence-corrected chi connectivity index (χ1v) is 5.95. The average Bonchev–Trinajstić information content (AvgIpc) is 2.20.